The van der Waals surface area contributed by atoms with Gasteiger partial charge in [0.15, 0.2) is 23.2 Å². The van der Waals surface area contributed by atoms with Crippen LogP contribution in [-0.2, 0) is 41.7 Å². The van der Waals surface area contributed by atoms with Crippen molar-refractivity contribution in [3.05, 3.63) is 174 Å². The summed E-state index contributed by atoms with van der Waals surface area (Å²) in [6, 6.07) is 33.5. The lowest BCUT2D eigenvalue weighted by Crippen LogP contribution is -2.22. The van der Waals surface area contributed by atoms with E-state index in [1.54, 1.807) is 78.7 Å². The normalized spacial score (nSPS) is 14.8. The molecule has 0 radical (unpaired) electrons. The second kappa shape index (κ2) is 29.6. The summed E-state index contributed by atoms with van der Waals surface area (Å²) in [4.78, 5) is 60.6. The average Bonchev–Trinajstić information content (AvgIpc) is 4.51. The highest BCUT2D eigenvalue weighted by atomic mass is 31.0. The van der Waals surface area contributed by atoms with Crippen LogP contribution in [0.2, 0.25) is 0 Å². The third kappa shape index (κ3) is 17.6. The SMILES string of the molecule is C.COc1cccc(CC(=O)Cc2ccc(N3CCC(n4cc(C(=O)CCc5ccccn5)nn4)C3)nn2)c1.COc1cccc(CC(=O)O)c1.Nc1ccc(N2CCC(n3cc(C(=O)CCc4ccccn4)nn3)C2)nn1.[3H]P([3H])[3H]. The van der Waals surface area contributed by atoms with Crippen LogP contribution >= 0.6 is 9.73 Å². The van der Waals surface area contributed by atoms with E-state index in [9.17, 15) is 19.2 Å². The Labute approximate surface area is 465 Å². The number of ketones is 3. The predicted molar refractivity (Wildman–Crippen MR) is 302 cm³/mol. The smallest absolute Gasteiger partial charge is 0.307 e. The zero-order valence-electron chi connectivity index (χ0n) is 46.2. The average molecular weight is 1100 g/mol. The first-order valence-corrected chi connectivity index (χ1v) is 25.1. The number of aromatic nitrogens is 12. The molecule has 0 bridgehead atoms. The van der Waals surface area contributed by atoms with E-state index in [1.165, 1.54) is 0 Å². The van der Waals surface area contributed by atoms with Gasteiger partial charge in [-0.1, -0.05) is 54.3 Å². The molecule has 8 aromatic rings. The predicted octanol–water partition coefficient (Wildman–Crippen LogP) is 6.42. The van der Waals surface area contributed by atoms with E-state index in [0.29, 0.717) is 67.3 Å². The summed E-state index contributed by atoms with van der Waals surface area (Å²) in [6.07, 6.45) is 11.1. The molecule has 8 heterocycles. The molecule has 3 N–H and O–H groups in total. The van der Waals surface area contributed by atoms with Crippen molar-refractivity contribution < 1.29 is 33.8 Å². The highest BCUT2D eigenvalue weighted by molar-refractivity contribution is 6.92. The molecule has 0 amide bonds. The number of aliphatic carboxylic acids is 1. The number of carbonyl (C=O) groups is 4. The molecule has 2 fully saturated rings. The van der Waals surface area contributed by atoms with Crippen LogP contribution in [0, 0.1) is 0 Å². The summed E-state index contributed by atoms with van der Waals surface area (Å²) in [5.74, 6) is 2.54. The van der Waals surface area contributed by atoms with Crippen LogP contribution in [0.1, 0.15) is 94.4 Å². The van der Waals surface area contributed by atoms with Crippen LogP contribution in [-0.4, -0.2) is 133 Å². The monoisotopic (exact) mass is 1100 g/mol. The first-order chi connectivity index (χ1) is 39.2. The van der Waals surface area contributed by atoms with Gasteiger partial charge >= 0.3 is 5.97 Å². The van der Waals surface area contributed by atoms with E-state index in [-0.39, 0.29) is 49.7 Å². The van der Waals surface area contributed by atoms with E-state index >= 15 is 0 Å². The molecule has 0 saturated carbocycles. The molecule has 23 heteroatoms. The molecule has 0 aliphatic carbocycles. The number of pyridine rings is 2. The van der Waals surface area contributed by atoms with Crippen molar-refractivity contribution in [2.24, 2.45) is 0 Å². The first kappa shape index (κ1) is 54.9. The number of carboxylic acids is 1. The largest absolute Gasteiger partial charge is 0.497 e. The van der Waals surface area contributed by atoms with Gasteiger partial charge in [0.05, 0.1) is 61.1 Å². The number of ether oxygens (including phenoxy) is 2. The molecule has 10 rings (SSSR count). The lowest BCUT2D eigenvalue weighted by Gasteiger charge is -2.16. The van der Waals surface area contributed by atoms with Gasteiger partial charge in [0.2, 0.25) is 0 Å². The van der Waals surface area contributed by atoms with Crippen LogP contribution in [0.3, 0.4) is 0 Å². The number of nitrogens with zero attached hydrogens (tertiary/aromatic N) is 14. The lowest BCUT2D eigenvalue weighted by atomic mass is 10.1. The zero-order chi connectivity index (χ0) is 57.5. The van der Waals surface area contributed by atoms with Crippen molar-refractivity contribution in [2.45, 2.75) is 77.3 Å². The van der Waals surface area contributed by atoms with Crippen LogP contribution in [0.15, 0.2) is 134 Å². The van der Waals surface area contributed by atoms with Gasteiger partial charge in [0.25, 0.3) is 0 Å². The topological polar surface area (TPSA) is 278 Å². The minimum atomic E-state index is -1.87. The Bertz CT molecular complexity index is 3270. The molecule has 22 nitrogen and oxygen atoms in total. The van der Waals surface area contributed by atoms with Gasteiger partial charge in [-0.2, -0.15) is 14.8 Å². The summed E-state index contributed by atoms with van der Waals surface area (Å²) in [5, 5.41) is 41.7. The molecule has 2 unspecified atom stereocenters. The maximum absolute atomic E-state index is 12.6. The minimum Gasteiger partial charge on any atom is -0.497 e. The van der Waals surface area contributed by atoms with Gasteiger partial charge in [-0.25, -0.2) is 9.36 Å². The quantitative estimate of drug-likeness (QED) is 0.0615. The molecule has 2 aliphatic heterocycles. The number of carboxylic acid groups (broad SMARTS) is 1. The molecule has 2 aliphatic rings. The molecular formula is C56H66N15O7P. The lowest BCUT2D eigenvalue weighted by molar-refractivity contribution is -0.136. The van der Waals surface area contributed by atoms with Gasteiger partial charge in [0, 0.05) is 69.2 Å². The fourth-order valence-electron chi connectivity index (χ4n) is 8.68. The number of hydrogen-bond donors (Lipinski definition) is 2. The fraction of sp³-hybridized carbons (Fsp3) is 0.321. The highest BCUT2D eigenvalue weighted by Crippen LogP contribution is 2.27. The van der Waals surface area contributed by atoms with Crippen molar-refractivity contribution in [1.82, 2.24) is 60.4 Å². The Morgan fingerprint density at radius 3 is 1.57 bits per heavy atom. The third-order valence-electron chi connectivity index (χ3n) is 12.8. The highest BCUT2D eigenvalue weighted by Gasteiger charge is 2.28. The molecule has 79 heavy (non-hydrogen) atoms. The van der Waals surface area contributed by atoms with Gasteiger partial charge < -0.3 is 30.1 Å². The van der Waals surface area contributed by atoms with Crippen molar-refractivity contribution in [1.29, 1.82) is 3.84 Å². The van der Waals surface area contributed by atoms with Crippen molar-refractivity contribution in [2.75, 3.05) is 55.9 Å². The van der Waals surface area contributed by atoms with Crippen LogP contribution in [0.4, 0.5) is 17.5 Å². The van der Waals surface area contributed by atoms with Gasteiger partial charge in [0.1, 0.15) is 34.5 Å². The van der Waals surface area contributed by atoms with E-state index in [2.05, 4.69) is 60.8 Å². The second-order valence-corrected chi connectivity index (χ2v) is 18.3. The molecule has 0 spiro atoms. The number of hydrogen-bond acceptors (Lipinski definition) is 19. The third-order valence-corrected chi connectivity index (χ3v) is 12.8. The summed E-state index contributed by atoms with van der Waals surface area (Å²) in [6.45, 7) is 3.06. The number of rotatable bonds is 20. The number of nitrogens with two attached hydrogens (primary N) is 1. The van der Waals surface area contributed by atoms with Gasteiger partial charge in [-0.3, -0.25) is 29.1 Å². The number of benzene rings is 2. The Morgan fingerprint density at radius 2 is 1.13 bits per heavy atom. The number of anilines is 3. The summed E-state index contributed by atoms with van der Waals surface area (Å²) >= 11 is 0. The molecule has 6 aromatic heterocycles. The van der Waals surface area contributed by atoms with Crippen molar-refractivity contribution in [3.8, 4) is 11.5 Å². The summed E-state index contributed by atoms with van der Waals surface area (Å²) < 4.78 is 31.7. The molecule has 2 atom stereocenters. The second-order valence-electron chi connectivity index (χ2n) is 18.3. The molecule has 2 aromatic carbocycles. The Balaban J connectivity index is 0.000000213. The Morgan fingerprint density at radius 1 is 0.620 bits per heavy atom. The van der Waals surface area contributed by atoms with E-state index in [4.69, 9.17) is 24.1 Å². The molecule has 412 valence electrons. The molecular weight excluding hydrogens is 1030 g/mol. The fourth-order valence-corrected chi connectivity index (χ4v) is 8.68. The number of Topliss-reactive ketones (excluding diaryl/α,β-unsaturated/α-hetero) is 3. The number of aryl methyl sites for hydroxylation is 2. The number of methoxy groups -OCH3 is 2. The van der Waals surface area contributed by atoms with Gasteiger partial charge in [-0.05, 0) is 110 Å². The Kier molecular flexibility index (Phi) is 20.5. The number of carbonyl (C=O) groups excluding carboxylic acids is 3. The zero-order valence-corrected chi connectivity index (χ0v) is 44.1. The molecule has 2 saturated heterocycles. The van der Waals surface area contributed by atoms with Crippen LogP contribution in [0.5, 0.6) is 11.5 Å². The van der Waals surface area contributed by atoms with E-state index < -0.39 is 15.7 Å². The van der Waals surface area contributed by atoms with Crippen LogP contribution < -0.4 is 25.0 Å². The summed E-state index contributed by atoms with van der Waals surface area (Å²) in [5.41, 5.74) is 10.4. The van der Waals surface area contributed by atoms with E-state index in [0.717, 1.165) is 72.4 Å². The van der Waals surface area contributed by atoms with Gasteiger partial charge in [-0.15, -0.1) is 25.5 Å². The standard InChI is InChI=1S/C28H29N7O3.C18H20N8O.C9H10O3.CH4.H3P/c1-38-25-7-4-5-20(16-25)15-24(36)17-22-9-11-28(32-30-22)34-14-12-23(18-34)35-19-26(31-33-35)27(37)10-8-21-6-2-3-13-29-21;19-17-6-7-18(23-22-17)25-10-8-14(11-25)26-12-15(21-24-26)16(27)5-4-13-3-1-2-9-20-13;1-12-8-4-2-3-7(5-8)6-9(10)11;;/h2-7,9,11,13,16,19,23H,8,10,12,14-15,17-18H2,1H3;1-3,6-7,9,12,14H,4-5,8,10-11H2,(H2,19,22);2-5H,6H2,1H3,(H,10,11);1H4;1H3/i;;;;1T3. The summed E-state index contributed by atoms with van der Waals surface area (Å²) in [7, 11) is 1.29. The van der Waals surface area contributed by atoms with E-state index in [1.807, 2.05) is 78.9 Å². The minimum absolute atomic E-state index is 0. The van der Waals surface area contributed by atoms with Crippen LogP contribution in [0.25, 0.3) is 0 Å². The first-order valence-electron chi connectivity index (χ1n) is 26.4. The van der Waals surface area contributed by atoms with Crippen molar-refractivity contribution >= 4 is 50.5 Å². The van der Waals surface area contributed by atoms with Crippen molar-refractivity contribution in [3.63, 3.8) is 0 Å². The Hall–Kier alpha value is -8.91. The number of nitrogen functional groups attached to an aromatic ring is 1. The maximum Gasteiger partial charge on any atom is 0.307 e. The maximum atomic E-state index is 12.6.